The average molecular weight is 366 g/mol. The molecule has 138 valence electrons. The largest absolute Gasteiger partial charge is 0.399 e. The molecule has 0 unspecified atom stereocenters. The highest BCUT2D eigenvalue weighted by molar-refractivity contribution is 6.06. The van der Waals surface area contributed by atoms with Gasteiger partial charge in [-0.25, -0.2) is 4.39 Å². The van der Waals surface area contributed by atoms with Crippen molar-refractivity contribution >= 4 is 17.8 Å². The minimum atomic E-state index is -0.433. The second-order valence-corrected chi connectivity index (χ2v) is 5.95. The molecule has 1 N–H and O–H groups in total. The van der Waals surface area contributed by atoms with E-state index in [-0.39, 0.29) is 5.91 Å². The third kappa shape index (κ3) is 4.03. The highest BCUT2D eigenvalue weighted by Crippen LogP contribution is 2.29. The van der Waals surface area contributed by atoms with E-state index in [1.807, 2.05) is 18.2 Å². The van der Waals surface area contributed by atoms with Gasteiger partial charge in [-0.2, -0.15) is 5.10 Å². The van der Waals surface area contributed by atoms with Gasteiger partial charge in [0.25, 0.3) is 5.91 Å². The van der Waals surface area contributed by atoms with Crippen LogP contribution in [-0.4, -0.2) is 29.0 Å². The molecular weight excluding hydrogens is 347 g/mol. The summed E-state index contributed by atoms with van der Waals surface area (Å²) in [6.45, 7) is 1.77. The Kier molecular flexibility index (Phi) is 5.30. The molecule has 6 nitrogen and oxygen atoms in total. The summed E-state index contributed by atoms with van der Waals surface area (Å²) in [5.74, 6) is -0.699. The number of anilines is 1. The second-order valence-electron chi connectivity index (χ2n) is 5.95. The zero-order valence-corrected chi connectivity index (χ0v) is 15.2. The molecule has 0 bridgehead atoms. The number of para-hydroxylation sites is 1. The van der Waals surface area contributed by atoms with Crippen molar-refractivity contribution in [3.05, 3.63) is 71.3 Å². The first kappa shape index (κ1) is 18.3. The van der Waals surface area contributed by atoms with Crippen molar-refractivity contribution < 1.29 is 14.0 Å². The molecule has 2 aromatic carbocycles. The number of benzene rings is 2. The Balaban J connectivity index is 1.92. The molecule has 0 radical (unpaired) electrons. The molecule has 0 atom stereocenters. The highest BCUT2D eigenvalue weighted by Gasteiger charge is 2.15. The number of aryl methyl sites for hydroxylation is 2. The first-order valence-corrected chi connectivity index (χ1v) is 8.26. The maximum atomic E-state index is 14.3. The Morgan fingerprint density at radius 3 is 2.74 bits per heavy atom. The Morgan fingerprint density at radius 1 is 1.30 bits per heavy atom. The van der Waals surface area contributed by atoms with E-state index in [9.17, 15) is 9.18 Å². The van der Waals surface area contributed by atoms with Crippen molar-refractivity contribution in [3.8, 4) is 11.1 Å². The van der Waals surface area contributed by atoms with Gasteiger partial charge in [-0.15, -0.1) is 0 Å². The molecule has 1 amide bonds. The summed E-state index contributed by atoms with van der Waals surface area (Å²) in [6, 6.07) is 12.0. The molecule has 1 heterocycles. The number of hydrogen-bond acceptors (Lipinski definition) is 4. The zero-order valence-electron chi connectivity index (χ0n) is 15.2. The predicted molar refractivity (Wildman–Crippen MR) is 102 cm³/mol. The molecule has 0 spiro atoms. The number of carbonyl (C=O) groups is 1. The standard InChI is InChI=1S/C20H19FN4O2/c1-13-17(12-25(2)24-13)20(26)23-19-7-5-4-6-16(19)14-8-9-15(11-22-27-3)18(21)10-14/h4-12H,1-3H3,(H,23,26)/b22-11-. The van der Waals surface area contributed by atoms with E-state index in [0.717, 1.165) is 0 Å². The summed E-state index contributed by atoms with van der Waals surface area (Å²) in [4.78, 5) is 17.2. The van der Waals surface area contributed by atoms with Crippen LogP contribution in [0.5, 0.6) is 0 Å². The normalized spacial score (nSPS) is 11.0. The summed E-state index contributed by atoms with van der Waals surface area (Å²) in [7, 11) is 3.15. The van der Waals surface area contributed by atoms with E-state index in [1.165, 1.54) is 19.4 Å². The van der Waals surface area contributed by atoms with Gasteiger partial charge in [0.05, 0.1) is 17.5 Å². The first-order chi connectivity index (χ1) is 13.0. The lowest BCUT2D eigenvalue weighted by Gasteiger charge is -2.11. The number of oxime groups is 1. The maximum Gasteiger partial charge on any atom is 0.259 e. The van der Waals surface area contributed by atoms with Gasteiger partial charge in [0.15, 0.2) is 0 Å². The summed E-state index contributed by atoms with van der Waals surface area (Å²) in [5.41, 5.74) is 3.38. The van der Waals surface area contributed by atoms with Gasteiger partial charge in [-0.3, -0.25) is 9.48 Å². The molecule has 3 aromatic rings. The topological polar surface area (TPSA) is 68.5 Å². The number of rotatable bonds is 5. The molecule has 7 heteroatoms. The van der Waals surface area contributed by atoms with E-state index in [0.29, 0.717) is 33.6 Å². The number of nitrogens with one attached hydrogen (secondary N) is 1. The van der Waals surface area contributed by atoms with Gasteiger partial charge >= 0.3 is 0 Å². The predicted octanol–water partition coefficient (Wildman–Crippen LogP) is 3.77. The van der Waals surface area contributed by atoms with Crippen molar-refractivity contribution in [2.24, 2.45) is 12.2 Å². The Hall–Kier alpha value is -3.48. The number of halogens is 1. The molecular formula is C20H19FN4O2. The monoisotopic (exact) mass is 366 g/mol. The van der Waals surface area contributed by atoms with Gasteiger partial charge in [0.2, 0.25) is 0 Å². The van der Waals surface area contributed by atoms with E-state index in [1.54, 1.807) is 43.0 Å². The van der Waals surface area contributed by atoms with Crippen LogP contribution in [0.1, 0.15) is 21.6 Å². The van der Waals surface area contributed by atoms with Crippen LogP contribution in [0.3, 0.4) is 0 Å². The van der Waals surface area contributed by atoms with Crippen molar-refractivity contribution in [1.29, 1.82) is 0 Å². The fourth-order valence-corrected chi connectivity index (χ4v) is 2.76. The Labute approximate surface area is 156 Å². The molecule has 27 heavy (non-hydrogen) atoms. The smallest absolute Gasteiger partial charge is 0.259 e. The molecule has 0 saturated heterocycles. The van der Waals surface area contributed by atoms with Gasteiger partial charge in [-0.1, -0.05) is 29.4 Å². The van der Waals surface area contributed by atoms with E-state index >= 15 is 0 Å². The van der Waals surface area contributed by atoms with Crippen LogP contribution in [-0.2, 0) is 11.9 Å². The van der Waals surface area contributed by atoms with Crippen LogP contribution in [0.15, 0.2) is 53.8 Å². The van der Waals surface area contributed by atoms with Crippen molar-refractivity contribution in [3.63, 3.8) is 0 Å². The number of nitrogens with zero attached hydrogens (tertiary/aromatic N) is 3. The van der Waals surface area contributed by atoms with Crippen molar-refractivity contribution in [1.82, 2.24) is 9.78 Å². The van der Waals surface area contributed by atoms with Crippen LogP contribution < -0.4 is 5.32 Å². The lowest BCUT2D eigenvalue weighted by molar-refractivity contribution is 0.102. The summed E-state index contributed by atoms with van der Waals surface area (Å²) < 4.78 is 15.9. The minimum Gasteiger partial charge on any atom is -0.399 e. The fraction of sp³-hybridized carbons (Fsp3) is 0.150. The number of aromatic nitrogens is 2. The van der Waals surface area contributed by atoms with Gasteiger partial charge in [0, 0.05) is 30.1 Å². The summed E-state index contributed by atoms with van der Waals surface area (Å²) in [5, 5.41) is 10.6. The third-order valence-electron chi connectivity index (χ3n) is 4.04. The Bertz CT molecular complexity index is 1010. The third-order valence-corrected chi connectivity index (χ3v) is 4.04. The van der Waals surface area contributed by atoms with Gasteiger partial charge in [0.1, 0.15) is 12.9 Å². The highest BCUT2D eigenvalue weighted by atomic mass is 19.1. The SMILES string of the molecule is CO/N=C\c1ccc(-c2ccccc2NC(=O)c2cn(C)nc2C)cc1F. The van der Waals surface area contributed by atoms with Crippen LogP contribution >= 0.6 is 0 Å². The lowest BCUT2D eigenvalue weighted by Crippen LogP contribution is -2.13. The van der Waals surface area contributed by atoms with E-state index in [4.69, 9.17) is 0 Å². The average Bonchev–Trinajstić information content (AvgIpc) is 2.99. The fourth-order valence-electron chi connectivity index (χ4n) is 2.76. The second kappa shape index (κ2) is 7.82. The number of carbonyl (C=O) groups excluding carboxylic acids is 1. The van der Waals surface area contributed by atoms with Crippen LogP contribution in [0.25, 0.3) is 11.1 Å². The zero-order chi connectivity index (χ0) is 19.4. The number of hydrogen-bond donors (Lipinski definition) is 1. The van der Waals surface area contributed by atoms with Crippen molar-refractivity contribution in [2.75, 3.05) is 12.4 Å². The molecule has 0 fully saturated rings. The molecule has 0 aliphatic carbocycles. The van der Waals surface area contributed by atoms with E-state index < -0.39 is 5.82 Å². The minimum absolute atomic E-state index is 0.266. The van der Waals surface area contributed by atoms with Crippen molar-refractivity contribution in [2.45, 2.75) is 6.92 Å². The number of amides is 1. The van der Waals surface area contributed by atoms with Gasteiger partial charge < -0.3 is 10.2 Å². The van der Waals surface area contributed by atoms with Gasteiger partial charge in [-0.05, 0) is 30.7 Å². The van der Waals surface area contributed by atoms with E-state index in [2.05, 4.69) is 20.4 Å². The maximum absolute atomic E-state index is 14.3. The summed E-state index contributed by atoms with van der Waals surface area (Å²) >= 11 is 0. The quantitative estimate of drug-likeness (QED) is 0.552. The van der Waals surface area contributed by atoms with Crippen LogP contribution in [0.2, 0.25) is 0 Å². The molecule has 3 rings (SSSR count). The molecule has 0 aliphatic rings. The van der Waals surface area contributed by atoms with Crippen LogP contribution in [0.4, 0.5) is 10.1 Å². The van der Waals surface area contributed by atoms with Crippen LogP contribution in [0, 0.1) is 12.7 Å². The Morgan fingerprint density at radius 2 is 2.07 bits per heavy atom. The molecule has 0 saturated carbocycles. The first-order valence-electron chi connectivity index (χ1n) is 8.26. The molecule has 1 aromatic heterocycles. The summed E-state index contributed by atoms with van der Waals surface area (Å²) in [6.07, 6.45) is 2.97. The molecule has 0 aliphatic heterocycles. The lowest BCUT2D eigenvalue weighted by atomic mass is 10.0.